The molecule has 0 heterocycles. The quantitative estimate of drug-likeness (QED) is 0.728. The van der Waals surface area contributed by atoms with E-state index in [2.05, 4.69) is 0 Å². The molecule has 0 fully saturated rings. The van der Waals surface area contributed by atoms with Crippen molar-refractivity contribution in [2.45, 2.75) is 19.1 Å². The van der Waals surface area contributed by atoms with Gasteiger partial charge in [-0.1, -0.05) is 24.3 Å². The highest BCUT2D eigenvalue weighted by molar-refractivity contribution is 6.02. The summed E-state index contributed by atoms with van der Waals surface area (Å²) in [6.07, 6.45) is 1.14. The summed E-state index contributed by atoms with van der Waals surface area (Å²) in [5.41, 5.74) is 2.00. The Morgan fingerprint density at radius 2 is 2.00 bits per heavy atom. The van der Waals surface area contributed by atoms with Gasteiger partial charge in [-0.05, 0) is 12.0 Å². The van der Waals surface area contributed by atoms with Crippen LogP contribution in [-0.2, 0) is 15.9 Å². The van der Waals surface area contributed by atoms with Crippen molar-refractivity contribution in [2.75, 3.05) is 14.2 Å². The topological polar surface area (TPSA) is 35.5 Å². The first kappa shape index (κ1) is 11.3. The van der Waals surface area contributed by atoms with Crippen LogP contribution in [0.5, 0.6) is 0 Å². The van der Waals surface area contributed by atoms with Gasteiger partial charge in [-0.3, -0.25) is 4.79 Å². The minimum absolute atomic E-state index is 0.00213. The maximum Gasteiger partial charge on any atom is 0.166 e. The number of hydrogen-bond acceptors (Lipinski definition) is 3. The van der Waals surface area contributed by atoms with Gasteiger partial charge in [0.1, 0.15) is 0 Å². The van der Waals surface area contributed by atoms with Crippen LogP contribution in [0.4, 0.5) is 0 Å². The van der Waals surface area contributed by atoms with Crippen molar-refractivity contribution in [2.24, 2.45) is 5.92 Å². The summed E-state index contributed by atoms with van der Waals surface area (Å²) in [6.45, 7) is 0. The standard InChI is InChI=1S/C13H16O3/c1-15-12(16-2)8-10-7-9-5-3-4-6-11(9)13(10)14/h3-6,10,12H,7-8H2,1-2H3/t10-/m0/s1. The van der Waals surface area contributed by atoms with Gasteiger partial charge in [-0.25, -0.2) is 0 Å². The van der Waals surface area contributed by atoms with Crippen molar-refractivity contribution >= 4 is 5.78 Å². The predicted octanol–water partition coefficient (Wildman–Crippen LogP) is 2.05. The van der Waals surface area contributed by atoms with Crippen molar-refractivity contribution < 1.29 is 14.3 Å². The van der Waals surface area contributed by atoms with Crippen LogP contribution in [0.25, 0.3) is 0 Å². The molecule has 0 N–H and O–H groups in total. The van der Waals surface area contributed by atoms with Crippen LogP contribution in [0.3, 0.4) is 0 Å². The molecule has 1 aromatic rings. The third-order valence-electron chi connectivity index (χ3n) is 3.12. The summed E-state index contributed by atoms with van der Waals surface area (Å²) in [7, 11) is 3.20. The lowest BCUT2D eigenvalue weighted by Gasteiger charge is -2.16. The third kappa shape index (κ3) is 2.01. The second kappa shape index (κ2) is 4.76. The fourth-order valence-corrected chi connectivity index (χ4v) is 2.23. The van der Waals surface area contributed by atoms with Gasteiger partial charge in [-0.15, -0.1) is 0 Å². The van der Waals surface area contributed by atoms with E-state index in [-0.39, 0.29) is 18.0 Å². The number of carbonyl (C=O) groups excluding carboxylic acids is 1. The largest absolute Gasteiger partial charge is 0.356 e. The molecule has 1 aliphatic rings. The summed E-state index contributed by atoms with van der Waals surface area (Å²) in [6, 6.07) is 7.79. The zero-order valence-electron chi connectivity index (χ0n) is 9.60. The van der Waals surface area contributed by atoms with E-state index >= 15 is 0 Å². The number of methoxy groups -OCH3 is 2. The molecule has 1 atom stereocenters. The molecule has 0 aromatic heterocycles. The fourth-order valence-electron chi connectivity index (χ4n) is 2.23. The fraction of sp³-hybridized carbons (Fsp3) is 0.462. The van der Waals surface area contributed by atoms with E-state index in [9.17, 15) is 4.79 Å². The van der Waals surface area contributed by atoms with Crippen LogP contribution in [-0.4, -0.2) is 26.3 Å². The Labute approximate surface area is 95.4 Å². The van der Waals surface area contributed by atoms with Crippen LogP contribution < -0.4 is 0 Å². The van der Waals surface area contributed by atoms with Gasteiger partial charge in [0.2, 0.25) is 0 Å². The molecule has 1 aromatic carbocycles. The van der Waals surface area contributed by atoms with E-state index < -0.39 is 0 Å². The molecule has 0 amide bonds. The molecule has 0 aliphatic heterocycles. The number of carbonyl (C=O) groups is 1. The maximum atomic E-state index is 12.1. The molecule has 3 heteroatoms. The monoisotopic (exact) mass is 220 g/mol. The normalized spacial score (nSPS) is 19.2. The Hall–Kier alpha value is -1.19. The highest BCUT2D eigenvalue weighted by Gasteiger charge is 2.31. The van der Waals surface area contributed by atoms with Gasteiger partial charge >= 0.3 is 0 Å². The van der Waals surface area contributed by atoms with E-state index in [1.807, 2.05) is 24.3 Å². The van der Waals surface area contributed by atoms with Gasteiger partial charge < -0.3 is 9.47 Å². The van der Waals surface area contributed by atoms with Crippen LogP contribution in [0, 0.1) is 5.92 Å². The van der Waals surface area contributed by atoms with Crippen LogP contribution >= 0.6 is 0 Å². The average molecular weight is 220 g/mol. The molecule has 0 spiro atoms. The van der Waals surface area contributed by atoms with Crippen molar-refractivity contribution in [3.63, 3.8) is 0 Å². The molecule has 0 unspecified atom stereocenters. The Morgan fingerprint density at radius 1 is 1.31 bits per heavy atom. The smallest absolute Gasteiger partial charge is 0.166 e. The van der Waals surface area contributed by atoms with Gasteiger partial charge in [0, 0.05) is 32.1 Å². The molecule has 0 radical (unpaired) electrons. The number of fused-ring (bicyclic) bond motifs is 1. The summed E-state index contributed by atoms with van der Waals surface area (Å²) < 4.78 is 10.3. The Kier molecular flexibility index (Phi) is 3.36. The van der Waals surface area contributed by atoms with Gasteiger partial charge in [0.05, 0.1) is 0 Å². The lowest BCUT2D eigenvalue weighted by molar-refractivity contribution is -0.111. The first-order valence-electron chi connectivity index (χ1n) is 5.44. The highest BCUT2D eigenvalue weighted by Crippen LogP contribution is 2.29. The van der Waals surface area contributed by atoms with Gasteiger partial charge in [0.25, 0.3) is 0 Å². The Balaban J connectivity index is 2.10. The molecule has 0 bridgehead atoms. The second-order valence-electron chi connectivity index (χ2n) is 4.06. The van der Waals surface area contributed by atoms with Crippen LogP contribution in [0.15, 0.2) is 24.3 Å². The number of benzene rings is 1. The molecule has 2 rings (SSSR count). The summed E-state index contributed by atoms with van der Waals surface area (Å²) in [5, 5.41) is 0. The maximum absolute atomic E-state index is 12.1. The molecular weight excluding hydrogens is 204 g/mol. The molecule has 1 aliphatic carbocycles. The zero-order valence-corrected chi connectivity index (χ0v) is 9.60. The summed E-state index contributed by atoms with van der Waals surface area (Å²) in [5.74, 6) is 0.219. The van der Waals surface area contributed by atoms with Gasteiger partial charge in [-0.2, -0.15) is 0 Å². The summed E-state index contributed by atoms with van der Waals surface area (Å²) >= 11 is 0. The molecule has 86 valence electrons. The number of Topliss-reactive ketones (excluding diaryl/α,β-unsaturated/α-hetero) is 1. The highest BCUT2D eigenvalue weighted by atomic mass is 16.7. The molecule has 0 saturated heterocycles. The van der Waals surface area contributed by atoms with E-state index in [4.69, 9.17) is 9.47 Å². The minimum Gasteiger partial charge on any atom is -0.356 e. The van der Waals surface area contributed by atoms with E-state index in [0.29, 0.717) is 6.42 Å². The molecule has 0 saturated carbocycles. The van der Waals surface area contributed by atoms with Crippen molar-refractivity contribution in [1.82, 2.24) is 0 Å². The molecule has 3 nitrogen and oxygen atoms in total. The van der Waals surface area contributed by atoms with E-state index in [1.165, 1.54) is 0 Å². The number of ether oxygens (including phenoxy) is 2. The van der Waals surface area contributed by atoms with Crippen molar-refractivity contribution in [3.8, 4) is 0 Å². The lowest BCUT2D eigenvalue weighted by atomic mass is 10.0. The number of hydrogen-bond donors (Lipinski definition) is 0. The lowest BCUT2D eigenvalue weighted by Crippen LogP contribution is -2.21. The Bertz CT molecular complexity index is 383. The first-order chi connectivity index (χ1) is 7.76. The Morgan fingerprint density at radius 3 is 2.62 bits per heavy atom. The third-order valence-corrected chi connectivity index (χ3v) is 3.12. The van der Waals surface area contributed by atoms with E-state index in [1.54, 1.807) is 14.2 Å². The molecular formula is C13H16O3. The first-order valence-corrected chi connectivity index (χ1v) is 5.44. The summed E-state index contributed by atoms with van der Waals surface area (Å²) in [4.78, 5) is 12.1. The average Bonchev–Trinajstić information content (AvgIpc) is 2.64. The zero-order chi connectivity index (χ0) is 11.5. The number of ketones is 1. The van der Waals surface area contributed by atoms with E-state index in [0.717, 1.165) is 17.5 Å². The molecule has 16 heavy (non-hydrogen) atoms. The minimum atomic E-state index is -0.289. The second-order valence-corrected chi connectivity index (χ2v) is 4.06. The van der Waals surface area contributed by atoms with Crippen LogP contribution in [0.1, 0.15) is 22.3 Å². The van der Waals surface area contributed by atoms with Gasteiger partial charge in [0.15, 0.2) is 12.1 Å². The van der Waals surface area contributed by atoms with Crippen LogP contribution in [0.2, 0.25) is 0 Å². The van der Waals surface area contributed by atoms with Crippen molar-refractivity contribution in [1.29, 1.82) is 0 Å². The SMILES string of the molecule is COC(C[C@@H]1Cc2ccccc2C1=O)OC. The van der Waals surface area contributed by atoms with Crippen molar-refractivity contribution in [3.05, 3.63) is 35.4 Å². The predicted molar refractivity (Wildman–Crippen MR) is 60.4 cm³/mol. The number of rotatable bonds is 4.